The van der Waals surface area contributed by atoms with Gasteiger partial charge in [-0.2, -0.15) is 0 Å². The highest BCUT2D eigenvalue weighted by molar-refractivity contribution is 5.84. The van der Waals surface area contributed by atoms with Crippen LogP contribution in [0.2, 0.25) is 0 Å². The van der Waals surface area contributed by atoms with E-state index in [2.05, 4.69) is 20.8 Å². The number of rotatable bonds is 1. The fourth-order valence-electron chi connectivity index (χ4n) is 10.5. The van der Waals surface area contributed by atoms with Gasteiger partial charge in [0.2, 0.25) is 0 Å². The molecular weight excluding hydrogens is 360 g/mol. The van der Waals surface area contributed by atoms with Crippen LogP contribution in [0.3, 0.4) is 0 Å². The lowest BCUT2D eigenvalue weighted by Crippen LogP contribution is -2.66. The third-order valence-electron chi connectivity index (χ3n) is 11.9. The van der Waals surface area contributed by atoms with E-state index in [1.165, 1.54) is 25.7 Å². The third kappa shape index (κ3) is 2.30. The Kier molecular flexibility index (Phi) is 4.46. The highest BCUT2D eigenvalue weighted by Crippen LogP contribution is 2.75. The fourth-order valence-corrected chi connectivity index (χ4v) is 10.5. The average Bonchev–Trinajstić information content (AvgIpc) is 2.95. The molecular formula is C26H42O3. The molecule has 0 bridgehead atoms. The van der Waals surface area contributed by atoms with E-state index in [-0.39, 0.29) is 28.3 Å². The zero-order valence-electron chi connectivity index (χ0n) is 19.0. The molecule has 0 spiro atoms. The number of carbonyl (C=O) groups is 1. The molecule has 0 saturated heterocycles. The first kappa shape index (κ1) is 20.5. The van der Waals surface area contributed by atoms with Crippen molar-refractivity contribution in [3.8, 4) is 0 Å². The smallest absolute Gasteiger partial charge is 0.136 e. The van der Waals surface area contributed by atoms with E-state index in [0.29, 0.717) is 35.9 Å². The van der Waals surface area contributed by atoms with Crippen LogP contribution >= 0.6 is 0 Å². The second-order valence-electron chi connectivity index (χ2n) is 12.4. The molecule has 164 valence electrons. The van der Waals surface area contributed by atoms with Crippen LogP contribution in [0.5, 0.6) is 0 Å². The third-order valence-corrected chi connectivity index (χ3v) is 11.9. The molecule has 0 radical (unpaired) electrons. The van der Waals surface area contributed by atoms with Crippen LogP contribution in [0.15, 0.2) is 0 Å². The molecule has 2 N–H and O–H groups in total. The SMILES string of the molecule is CC(=O)[C@]12CCCC[C@H]1C[C@@H]1[C@H]3C[C@H](C)[C@@]4(O)C[C@@H](O)CC[C@]4(C)[C@@H]3CC[C@]12C. The molecule has 0 amide bonds. The number of ketones is 1. The first-order chi connectivity index (χ1) is 13.6. The van der Waals surface area contributed by atoms with E-state index in [1.54, 1.807) is 0 Å². The summed E-state index contributed by atoms with van der Waals surface area (Å²) in [5.74, 6) is 3.08. The van der Waals surface area contributed by atoms with E-state index in [9.17, 15) is 15.0 Å². The van der Waals surface area contributed by atoms with Gasteiger partial charge in [-0.05, 0) is 98.7 Å². The van der Waals surface area contributed by atoms with Gasteiger partial charge in [-0.1, -0.05) is 33.6 Å². The summed E-state index contributed by atoms with van der Waals surface area (Å²) >= 11 is 0. The van der Waals surface area contributed by atoms with Crippen molar-refractivity contribution in [3.63, 3.8) is 0 Å². The molecule has 5 fully saturated rings. The summed E-state index contributed by atoms with van der Waals surface area (Å²) in [7, 11) is 0. The Morgan fingerprint density at radius 3 is 2.38 bits per heavy atom. The second-order valence-corrected chi connectivity index (χ2v) is 12.4. The molecule has 0 heterocycles. The minimum Gasteiger partial charge on any atom is -0.393 e. The van der Waals surface area contributed by atoms with E-state index in [1.807, 2.05) is 6.92 Å². The van der Waals surface area contributed by atoms with Gasteiger partial charge in [0, 0.05) is 11.8 Å². The lowest BCUT2D eigenvalue weighted by Gasteiger charge is -2.66. The Balaban J connectivity index is 1.55. The first-order valence-electron chi connectivity index (χ1n) is 12.5. The monoisotopic (exact) mass is 402 g/mol. The summed E-state index contributed by atoms with van der Waals surface area (Å²) in [5.41, 5.74) is -0.761. The molecule has 0 aromatic rings. The van der Waals surface area contributed by atoms with Gasteiger partial charge >= 0.3 is 0 Å². The Morgan fingerprint density at radius 2 is 1.66 bits per heavy atom. The van der Waals surface area contributed by atoms with Crippen LogP contribution < -0.4 is 0 Å². The minimum atomic E-state index is -0.733. The van der Waals surface area contributed by atoms with Crippen LogP contribution in [0.25, 0.3) is 0 Å². The van der Waals surface area contributed by atoms with Crippen LogP contribution in [0.1, 0.15) is 98.3 Å². The van der Waals surface area contributed by atoms with Crippen molar-refractivity contribution in [2.45, 2.75) is 110 Å². The van der Waals surface area contributed by atoms with Crippen molar-refractivity contribution in [3.05, 3.63) is 0 Å². The highest BCUT2D eigenvalue weighted by atomic mass is 16.3. The maximum absolute atomic E-state index is 13.2. The van der Waals surface area contributed by atoms with Gasteiger partial charge in [0.05, 0.1) is 11.7 Å². The number of fused-ring (bicyclic) bond motifs is 7. The molecule has 0 aliphatic heterocycles. The highest BCUT2D eigenvalue weighted by Gasteiger charge is 2.71. The predicted octanol–water partition coefficient (Wildman–Crippen LogP) is 5.13. The molecule has 10 atom stereocenters. The number of hydrogen-bond donors (Lipinski definition) is 2. The van der Waals surface area contributed by atoms with E-state index in [4.69, 9.17) is 0 Å². The molecule has 0 unspecified atom stereocenters. The van der Waals surface area contributed by atoms with Crippen LogP contribution in [0, 0.1) is 45.8 Å². The maximum Gasteiger partial charge on any atom is 0.136 e. The lowest BCUT2D eigenvalue weighted by atomic mass is 9.40. The molecule has 0 aromatic heterocycles. The van der Waals surface area contributed by atoms with Crippen LogP contribution in [0.4, 0.5) is 0 Å². The second kappa shape index (κ2) is 6.31. The van der Waals surface area contributed by atoms with Gasteiger partial charge in [0.25, 0.3) is 0 Å². The molecule has 5 saturated carbocycles. The largest absolute Gasteiger partial charge is 0.393 e. The van der Waals surface area contributed by atoms with Gasteiger partial charge < -0.3 is 10.2 Å². The Labute approximate surface area is 177 Å². The minimum absolute atomic E-state index is 0.0818. The molecule has 0 aromatic carbocycles. The van der Waals surface area contributed by atoms with Crippen molar-refractivity contribution in [1.29, 1.82) is 0 Å². The van der Waals surface area contributed by atoms with Crippen molar-refractivity contribution < 1.29 is 15.0 Å². The summed E-state index contributed by atoms with van der Waals surface area (Å²) in [6.45, 7) is 8.96. The number of aliphatic hydroxyl groups excluding tert-OH is 1. The molecule has 3 nitrogen and oxygen atoms in total. The van der Waals surface area contributed by atoms with Gasteiger partial charge in [-0.25, -0.2) is 0 Å². The van der Waals surface area contributed by atoms with E-state index < -0.39 is 5.60 Å². The lowest BCUT2D eigenvalue weighted by molar-refractivity contribution is -0.246. The summed E-state index contributed by atoms with van der Waals surface area (Å²) < 4.78 is 0. The van der Waals surface area contributed by atoms with Crippen molar-refractivity contribution in [2.24, 2.45) is 45.8 Å². The Hall–Kier alpha value is -0.410. The van der Waals surface area contributed by atoms with Crippen molar-refractivity contribution in [2.75, 3.05) is 0 Å². The molecule has 5 aliphatic carbocycles. The quantitative estimate of drug-likeness (QED) is 0.639. The van der Waals surface area contributed by atoms with E-state index in [0.717, 1.165) is 38.5 Å². The number of carbonyl (C=O) groups excluding carboxylic acids is 1. The predicted molar refractivity (Wildman–Crippen MR) is 114 cm³/mol. The zero-order valence-corrected chi connectivity index (χ0v) is 19.0. The van der Waals surface area contributed by atoms with Gasteiger partial charge in [-0.15, -0.1) is 0 Å². The zero-order chi connectivity index (χ0) is 20.8. The molecule has 5 rings (SSSR count). The van der Waals surface area contributed by atoms with Gasteiger partial charge in [-0.3, -0.25) is 4.79 Å². The maximum atomic E-state index is 13.2. The summed E-state index contributed by atoms with van der Waals surface area (Å²) in [5, 5.41) is 22.2. The van der Waals surface area contributed by atoms with E-state index >= 15 is 0 Å². The summed E-state index contributed by atoms with van der Waals surface area (Å²) in [4.78, 5) is 13.2. The first-order valence-corrected chi connectivity index (χ1v) is 12.5. The number of Topliss-reactive ketones (excluding diaryl/α,β-unsaturated/α-hetero) is 1. The van der Waals surface area contributed by atoms with Crippen molar-refractivity contribution in [1.82, 2.24) is 0 Å². The molecule has 5 aliphatic rings. The molecule has 29 heavy (non-hydrogen) atoms. The number of hydrogen-bond acceptors (Lipinski definition) is 3. The standard InChI is InChI=1S/C26H42O3/c1-16-13-20-21(24(4)11-8-19(28)15-26(16,24)29)9-12-23(3)22(20)14-18-7-5-6-10-25(18,23)17(2)27/h16,18-22,28-29H,5-15H2,1-4H3/t16-,18-,19-,20-,21+,22+,23+,24+,25+,26-/m0/s1. The van der Waals surface area contributed by atoms with Crippen molar-refractivity contribution >= 4 is 5.78 Å². The number of aliphatic hydroxyl groups is 2. The summed E-state index contributed by atoms with van der Waals surface area (Å²) in [6.07, 6.45) is 11.5. The van der Waals surface area contributed by atoms with Crippen LogP contribution in [-0.4, -0.2) is 27.7 Å². The van der Waals surface area contributed by atoms with Gasteiger partial charge in [0.1, 0.15) is 5.78 Å². The van der Waals surface area contributed by atoms with Gasteiger partial charge in [0.15, 0.2) is 0 Å². The van der Waals surface area contributed by atoms with Crippen LogP contribution in [-0.2, 0) is 4.79 Å². The summed E-state index contributed by atoms with van der Waals surface area (Å²) in [6, 6.07) is 0. The topological polar surface area (TPSA) is 57.5 Å². The average molecular weight is 403 g/mol. The Bertz CT molecular complexity index is 704. The normalized spacial score (nSPS) is 59.2. The fraction of sp³-hybridized carbons (Fsp3) is 0.962. The Morgan fingerprint density at radius 1 is 0.931 bits per heavy atom. The molecule has 3 heteroatoms.